The Labute approximate surface area is 140 Å². The first-order chi connectivity index (χ1) is 10.5. The van der Waals surface area contributed by atoms with Crippen LogP contribution >= 0.6 is 23.2 Å². The zero-order valence-electron chi connectivity index (χ0n) is 12.2. The van der Waals surface area contributed by atoms with Crippen LogP contribution in [0.15, 0.2) is 48.5 Å². The van der Waals surface area contributed by atoms with E-state index in [1.165, 1.54) is 0 Å². The molecular weight excluding hydrogens is 321 g/mol. The molecule has 0 saturated heterocycles. The van der Waals surface area contributed by atoms with E-state index in [4.69, 9.17) is 23.2 Å². The number of anilines is 1. The highest BCUT2D eigenvalue weighted by Gasteiger charge is 2.16. The number of benzene rings is 2. The van der Waals surface area contributed by atoms with Gasteiger partial charge in [-0.25, -0.2) is 0 Å². The summed E-state index contributed by atoms with van der Waals surface area (Å²) < 4.78 is 0. The van der Waals surface area contributed by atoms with Crippen LogP contribution in [0.3, 0.4) is 0 Å². The van der Waals surface area contributed by atoms with E-state index >= 15 is 0 Å². The van der Waals surface area contributed by atoms with Crippen LogP contribution in [0, 0.1) is 0 Å². The molecule has 0 heterocycles. The van der Waals surface area contributed by atoms with Crippen molar-refractivity contribution < 1.29 is 9.90 Å². The van der Waals surface area contributed by atoms with Gasteiger partial charge in [0, 0.05) is 30.4 Å². The highest BCUT2D eigenvalue weighted by molar-refractivity contribution is 6.44. The molecule has 0 amide bonds. The van der Waals surface area contributed by atoms with Gasteiger partial charge in [-0.05, 0) is 19.1 Å². The lowest BCUT2D eigenvalue weighted by atomic mass is 10.0. The molecule has 22 heavy (non-hydrogen) atoms. The number of hydrogen-bond donors (Lipinski definition) is 1. The second-order valence-electron chi connectivity index (χ2n) is 4.83. The summed E-state index contributed by atoms with van der Waals surface area (Å²) in [6.45, 7) is 3.11. The van der Waals surface area contributed by atoms with Crippen molar-refractivity contribution in [1.29, 1.82) is 0 Å². The number of rotatable bonds is 6. The molecule has 2 rings (SSSR count). The Hall–Kier alpha value is -1.71. The first-order valence-electron chi connectivity index (χ1n) is 6.98. The number of carbonyl (C=O) groups is 1. The maximum atomic E-state index is 12.4. The maximum Gasteiger partial charge on any atom is 0.196 e. The summed E-state index contributed by atoms with van der Waals surface area (Å²) in [4.78, 5) is 13.8. The molecule has 0 aliphatic heterocycles. The molecule has 116 valence electrons. The molecule has 2 aromatic carbocycles. The predicted octanol–water partition coefficient (Wildman–Crippen LogP) is 4.25. The molecule has 5 heteroatoms. The smallest absolute Gasteiger partial charge is 0.196 e. The number of hydrogen-bond acceptors (Lipinski definition) is 3. The Balaban J connectivity index is 2.28. The third-order valence-electron chi connectivity index (χ3n) is 3.37. The number of nitrogens with zero attached hydrogens (tertiary/aromatic N) is 1. The average Bonchev–Trinajstić information content (AvgIpc) is 2.52. The number of aromatic hydroxyl groups is 1. The number of carbonyl (C=O) groups excluding carboxylic acids is 1. The number of phenols is 1. The third-order valence-corrected chi connectivity index (χ3v) is 3.64. The summed E-state index contributed by atoms with van der Waals surface area (Å²) in [5, 5.41) is 10.2. The lowest BCUT2D eigenvalue weighted by molar-refractivity contribution is 0.103. The highest BCUT2D eigenvalue weighted by Crippen LogP contribution is 2.27. The molecule has 0 aliphatic rings. The molecule has 0 bridgehead atoms. The molecule has 0 fully saturated rings. The molecule has 0 spiro atoms. The Morgan fingerprint density at radius 3 is 2.41 bits per heavy atom. The van der Waals surface area contributed by atoms with Crippen molar-refractivity contribution in [1.82, 2.24) is 0 Å². The minimum absolute atomic E-state index is 0.0505. The average molecular weight is 338 g/mol. The zero-order chi connectivity index (χ0) is 16.1. The van der Waals surface area contributed by atoms with Gasteiger partial charge < -0.3 is 10.0 Å². The fourth-order valence-corrected chi connectivity index (χ4v) is 2.57. The van der Waals surface area contributed by atoms with Gasteiger partial charge >= 0.3 is 0 Å². The normalized spacial score (nSPS) is 10.7. The lowest BCUT2D eigenvalue weighted by Gasteiger charge is -2.24. The van der Waals surface area contributed by atoms with Gasteiger partial charge in [0.05, 0.1) is 5.56 Å². The van der Waals surface area contributed by atoms with E-state index in [-0.39, 0.29) is 17.1 Å². The summed E-state index contributed by atoms with van der Waals surface area (Å²) in [7, 11) is 0. The van der Waals surface area contributed by atoms with Crippen LogP contribution in [-0.4, -0.2) is 28.8 Å². The molecule has 0 radical (unpaired) electrons. The first-order valence-corrected chi connectivity index (χ1v) is 7.86. The van der Waals surface area contributed by atoms with Gasteiger partial charge in [-0.2, -0.15) is 0 Å². The van der Waals surface area contributed by atoms with E-state index in [2.05, 4.69) is 0 Å². The van der Waals surface area contributed by atoms with Crippen LogP contribution < -0.4 is 4.90 Å². The van der Waals surface area contributed by atoms with Gasteiger partial charge in [-0.3, -0.25) is 4.79 Å². The van der Waals surface area contributed by atoms with E-state index < -0.39 is 4.84 Å². The van der Waals surface area contributed by atoms with Crippen molar-refractivity contribution in [2.75, 3.05) is 18.0 Å². The number of halogens is 2. The summed E-state index contributed by atoms with van der Waals surface area (Å²) >= 11 is 11.6. The van der Waals surface area contributed by atoms with Crippen LogP contribution in [0.2, 0.25) is 0 Å². The van der Waals surface area contributed by atoms with E-state index in [1.807, 2.05) is 17.9 Å². The number of ketones is 1. The van der Waals surface area contributed by atoms with Crippen LogP contribution in [0.25, 0.3) is 0 Å². The van der Waals surface area contributed by atoms with Crippen molar-refractivity contribution in [3.63, 3.8) is 0 Å². The Kier molecular flexibility index (Phi) is 5.69. The SMILES string of the molecule is CCN(CC(Cl)Cl)c1ccc(C(=O)c2ccccc2)c(O)c1. The molecule has 0 saturated carbocycles. The maximum absolute atomic E-state index is 12.4. The van der Waals surface area contributed by atoms with E-state index in [0.29, 0.717) is 18.7 Å². The van der Waals surface area contributed by atoms with Gasteiger partial charge in [0.2, 0.25) is 0 Å². The minimum atomic E-state index is -0.521. The summed E-state index contributed by atoms with van der Waals surface area (Å²) in [5.41, 5.74) is 1.59. The molecule has 3 nitrogen and oxygen atoms in total. The van der Waals surface area contributed by atoms with E-state index in [0.717, 1.165) is 5.69 Å². The molecule has 0 aromatic heterocycles. The van der Waals surface area contributed by atoms with Gasteiger partial charge in [-0.15, -0.1) is 23.2 Å². The Morgan fingerprint density at radius 1 is 1.18 bits per heavy atom. The molecular formula is C17H17Cl2NO2. The lowest BCUT2D eigenvalue weighted by Crippen LogP contribution is -2.27. The van der Waals surface area contributed by atoms with Gasteiger partial charge in [0.25, 0.3) is 0 Å². The zero-order valence-corrected chi connectivity index (χ0v) is 13.7. The summed E-state index contributed by atoms with van der Waals surface area (Å²) in [5.74, 6) is -0.259. The number of phenolic OH excluding ortho intramolecular Hbond substituents is 1. The van der Waals surface area contributed by atoms with Gasteiger partial charge in [0.15, 0.2) is 5.78 Å². The third kappa shape index (κ3) is 3.93. The molecule has 0 aliphatic carbocycles. The highest BCUT2D eigenvalue weighted by atomic mass is 35.5. The standard InChI is InChI=1S/C17H17Cl2NO2/c1-2-20(11-16(18)19)13-8-9-14(15(21)10-13)17(22)12-6-4-3-5-7-12/h3-10,16,21H,2,11H2,1H3. The molecule has 1 N–H and O–H groups in total. The Morgan fingerprint density at radius 2 is 1.86 bits per heavy atom. The van der Waals surface area contributed by atoms with Crippen molar-refractivity contribution in [3.8, 4) is 5.75 Å². The molecule has 2 aromatic rings. The monoisotopic (exact) mass is 337 g/mol. The van der Waals surface area contributed by atoms with Crippen LogP contribution in [0.4, 0.5) is 5.69 Å². The summed E-state index contributed by atoms with van der Waals surface area (Å²) in [6.07, 6.45) is 0. The largest absolute Gasteiger partial charge is 0.507 e. The van der Waals surface area contributed by atoms with Crippen LogP contribution in [0.5, 0.6) is 5.75 Å². The van der Waals surface area contributed by atoms with Gasteiger partial charge in [-0.1, -0.05) is 30.3 Å². The van der Waals surface area contributed by atoms with Crippen molar-refractivity contribution >= 4 is 34.7 Å². The fourth-order valence-electron chi connectivity index (χ4n) is 2.24. The quantitative estimate of drug-likeness (QED) is 0.632. The summed E-state index contributed by atoms with van der Waals surface area (Å²) in [6, 6.07) is 13.8. The van der Waals surface area contributed by atoms with E-state index in [1.54, 1.807) is 42.5 Å². The van der Waals surface area contributed by atoms with E-state index in [9.17, 15) is 9.90 Å². The van der Waals surface area contributed by atoms with Gasteiger partial charge in [0.1, 0.15) is 10.6 Å². The van der Waals surface area contributed by atoms with Crippen molar-refractivity contribution in [2.45, 2.75) is 11.8 Å². The predicted molar refractivity (Wildman–Crippen MR) is 91.4 cm³/mol. The van der Waals surface area contributed by atoms with Crippen molar-refractivity contribution in [2.24, 2.45) is 0 Å². The second-order valence-corrected chi connectivity index (χ2v) is 6.10. The molecule has 0 atom stereocenters. The fraction of sp³-hybridized carbons (Fsp3) is 0.235. The first kappa shape index (κ1) is 16.7. The minimum Gasteiger partial charge on any atom is -0.507 e. The number of alkyl halides is 2. The van der Waals surface area contributed by atoms with Crippen molar-refractivity contribution in [3.05, 3.63) is 59.7 Å². The molecule has 0 unspecified atom stereocenters. The van der Waals surface area contributed by atoms with Crippen LogP contribution in [0.1, 0.15) is 22.8 Å². The second kappa shape index (κ2) is 7.52. The van der Waals surface area contributed by atoms with Crippen LogP contribution in [-0.2, 0) is 0 Å². The Bertz CT molecular complexity index is 644. The topological polar surface area (TPSA) is 40.5 Å².